The SMILES string of the molecule is COc1ccc(CN(C)C2CC3CCC(C2)N3)cc1Cl. The molecule has 0 aromatic heterocycles. The summed E-state index contributed by atoms with van der Waals surface area (Å²) in [4.78, 5) is 2.48. The van der Waals surface area contributed by atoms with E-state index in [0.717, 1.165) is 24.4 Å². The molecule has 2 aliphatic rings. The normalized spacial score (nSPS) is 28.9. The fraction of sp³-hybridized carbons (Fsp3) is 0.625. The van der Waals surface area contributed by atoms with E-state index in [2.05, 4.69) is 23.3 Å². The molecule has 0 radical (unpaired) electrons. The topological polar surface area (TPSA) is 24.5 Å². The summed E-state index contributed by atoms with van der Waals surface area (Å²) in [6.07, 6.45) is 5.25. The van der Waals surface area contributed by atoms with Gasteiger partial charge in [0.2, 0.25) is 0 Å². The molecular formula is C16H23ClN2O. The number of ether oxygens (including phenoxy) is 1. The summed E-state index contributed by atoms with van der Waals surface area (Å²) in [5.41, 5.74) is 1.25. The van der Waals surface area contributed by atoms with Crippen LogP contribution in [0, 0.1) is 0 Å². The maximum Gasteiger partial charge on any atom is 0.137 e. The van der Waals surface area contributed by atoms with Crippen LogP contribution in [0.2, 0.25) is 5.02 Å². The first-order valence-corrected chi connectivity index (χ1v) is 7.82. The van der Waals surface area contributed by atoms with Crippen molar-refractivity contribution in [2.75, 3.05) is 14.2 Å². The highest BCUT2D eigenvalue weighted by atomic mass is 35.5. The van der Waals surface area contributed by atoms with Gasteiger partial charge in [0, 0.05) is 24.7 Å². The highest BCUT2D eigenvalue weighted by Gasteiger charge is 2.34. The monoisotopic (exact) mass is 294 g/mol. The number of rotatable bonds is 4. The number of nitrogens with one attached hydrogen (secondary N) is 1. The Morgan fingerprint density at radius 2 is 2.00 bits per heavy atom. The fourth-order valence-electron chi connectivity index (χ4n) is 3.61. The van der Waals surface area contributed by atoms with Crippen molar-refractivity contribution in [1.29, 1.82) is 0 Å². The van der Waals surface area contributed by atoms with Crippen molar-refractivity contribution in [3.63, 3.8) is 0 Å². The molecule has 2 fully saturated rings. The predicted octanol–water partition coefficient (Wildman–Crippen LogP) is 3.06. The molecule has 2 saturated heterocycles. The molecule has 1 aromatic carbocycles. The smallest absolute Gasteiger partial charge is 0.137 e. The second kappa shape index (κ2) is 5.92. The summed E-state index contributed by atoms with van der Waals surface area (Å²) in [5.74, 6) is 0.748. The Kier molecular flexibility index (Phi) is 4.20. The molecule has 0 spiro atoms. The Balaban J connectivity index is 1.63. The van der Waals surface area contributed by atoms with Gasteiger partial charge in [0.1, 0.15) is 5.75 Å². The van der Waals surface area contributed by atoms with Gasteiger partial charge >= 0.3 is 0 Å². The Morgan fingerprint density at radius 3 is 2.60 bits per heavy atom. The lowest BCUT2D eigenvalue weighted by molar-refractivity contribution is 0.166. The summed E-state index contributed by atoms with van der Waals surface area (Å²) < 4.78 is 5.20. The number of piperidine rings is 1. The third-order valence-electron chi connectivity index (χ3n) is 4.72. The van der Waals surface area contributed by atoms with E-state index in [1.165, 1.54) is 31.2 Å². The van der Waals surface area contributed by atoms with Crippen molar-refractivity contribution in [3.05, 3.63) is 28.8 Å². The summed E-state index contributed by atoms with van der Waals surface area (Å²) >= 11 is 6.20. The van der Waals surface area contributed by atoms with Gasteiger partial charge in [-0.25, -0.2) is 0 Å². The number of benzene rings is 1. The third kappa shape index (κ3) is 2.95. The van der Waals surface area contributed by atoms with Crippen molar-refractivity contribution in [1.82, 2.24) is 10.2 Å². The Labute approximate surface area is 126 Å². The number of methoxy groups -OCH3 is 1. The minimum Gasteiger partial charge on any atom is -0.495 e. The van der Waals surface area contributed by atoms with Crippen LogP contribution in [0.25, 0.3) is 0 Å². The lowest BCUT2D eigenvalue weighted by Gasteiger charge is -2.35. The van der Waals surface area contributed by atoms with E-state index < -0.39 is 0 Å². The largest absolute Gasteiger partial charge is 0.495 e. The van der Waals surface area contributed by atoms with Crippen molar-refractivity contribution in [2.45, 2.75) is 50.4 Å². The van der Waals surface area contributed by atoms with E-state index in [0.29, 0.717) is 11.1 Å². The van der Waals surface area contributed by atoms with Crippen LogP contribution in [-0.2, 0) is 6.54 Å². The van der Waals surface area contributed by atoms with Crippen LogP contribution in [0.5, 0.6) is 5.75 Å². The molecule has 2 heterocycles. The van der Waals surface area contributed by atoms with Crippen LogP contribution in [0.4, 0.5) is 0 Å². The van der Waals surface area contributed by atoms with Gasteiger partial charge in [0.05, 0.1) is 12.1 Å². The molecule has 2 unspecified atom stereocenters. The molecule has 4 heteroatoms. The van der Waals surface area contributed by atoms with Crippen LogP contribution in [0.1, 0.15) is 31.2 Å². The first-order valence-electron chi connectivity index (χ1n) is 7.44. The second-order valence-corrected chi connectivity index (χ2v) is 6.55. The number of hydrogen-bond donors (Lipinski definition) is 1. The van der Waals surface area contributed by atoms with Crippen molar-refractivity contribution < 1.29 is 4.74 Å². The zero-order valence-electron chi connectivity index (χ0n) is 12.2. The van der Waals surface area contributed by atoms with Gasteiger partial charge in [0.25, 0.3) is 0 Å². The zero-order valence-corrected chi connectivity index (χ0v) is 13.0. The quantitative estimate of drug-likeness (QED) is 0.924. The first-order chi connectivity index (χ1) is 9.65. The lowest BCUT2D eigenvalue weighted by Crippen LogP contribution is -2.46. The van der Waals surface area contributed by atoms with Crippen molar-refractivity contribution in [3.8, 4) is 5.75 Å². The van der Waals surface area contributed by atoms with Crippen LogP contribution < -0.4 is 10.1 Å². The van der Waals surface area contributed by atoms with Crippen molar-refractivity contribution in [2.24, 2.45) is 0 Å². The molecule has 20 heavy (non-hydrogen) atoms. The molecule has 2 aliphatic heterocycles. The molecule has 0 aliphatic carbocycles. The van der Waals surface area contributed by atoms with Gasteiger partial charge < -0.3 is 10.1 Å². The Bertz CT molecular complexity index is 468. The molecule has 3 rings (SSSR count). The van der Waals surface area contributed by atoms with E-state index in [4.69, 9.17) is 16.3 Å². The van der Waals surface area contributed by atoms with Crippen LogP contribution in [0.15, 0.2) is 18.2 Å². The van der Waals surface area contributed by atoms with E-state index in [-0.39, 0.29) is 0 Å². The summed E-state index contributed by atoms with van der Waals surface area (Å²) in [5, 5.41) is 4.40. The Morgan fingerprint density at radius 1 is 1.30 bits per heavy atom. The average Bonchev–Trinajstić information content (AvgIpc) is 2.77. The van der Waals surface area contributed by atoms with E-state index in [1.807, 2.05) is 12.1 Å². The van der Waals surface area contributed by atoms with Crippen LogP contribution in [0.3, 0.4) is 0 Å². The minimum absolute atomic E-state index is 0.689. The number of nitrogens with zero attached hydrogens (tertiary/aromatic N) is 1. The molecule has 0 amide bonds. The average molecular weight is 295 g/mol. The molecule has 3 nitrogen and oxygen atoms in total. The van der Waals surface area contributed by atoms with E-state index in [9.17, 15) is 0 Å². The third-order valence-corrected chi connectivity index (χ3v) is 5.02. The fourth-order valence-corrected chi connectivity index (χ4v) is 3.89. The maximum absolute atomic E-state index is 6.20. The highest BCUT2D eigenvalue weighted by molar-refractivity contribution is 6.32. The summed E-state index contributed by atoms with van der Waals surface area (Å²) in [7, 11) is 3.88. The Hall–Kier alpha value is -0.770. The van der Waals surface area contributed by atoms with E-state index >= 15 is 0 Å². The molecule has 2 bridgehead atoms. The molecule has 1 N–H and O–H groups in total. The van der Waals surface area contributed by atoms with Gasteiger partial charge in [-0.2, -0.15) is 0 Å². The predicted molar refractivity (Wildman–Crippen MR) is 82.4 cm³/mol. The standard InChI is InChI=1S/C16H23ClN2O/c1-19(14-8-12-4-5-13(9-14)18-12)10-11-3-6-16(20-2)15(17)7-11/h3,6-7,12-14,18H,4-5,8-10H2,1-2H3. The number of hydrogen-bond acceptors (Lipinski definition) is 3. The zero-order chi connectivity index (χ0) is 14.1. The first kappa shape index (κ1) is 14.2. The van der Waals surface area contributed by atoms with E-state index in [1.54, 1.807) is 7.11 Å². The van der Waals surface area contributed by atoms with Gasteiger partial charge in [-0.1, -0.05) is 17.7 Å². The van der Waals surface area contributed by atoms with Crippen molar-refractivity contribution >= 4 is 11.6 Å². The van der Waals surface area contributed by atoms with Gasteiger partial charge in [0.15, 0.2) is 0 Å². The molecule has 110 valence electrons. The second-order valence-electron chi connectivity index (χ2n) is 6.15. The van der Waals surface area contributed by atoms with Crippen LogP contribution in [-0.4, -0.2) is 37.2 Å². The summed E-state index contributed by atoms with van der Waals surface area (Å²) in [6, 6.07) is 8.25. The van der Waals surface area contributed by atoms with Crippen LogP contribution >= 0.6 is 11.6 Å². The maximum atomic E-state index is 6.20. The highest BCUT2D eigenvalue weighted by Crippen LogP contribution is 2.30. The number of halogens is 1. The lowest BCUT2D eigenvalue weighted by atomic mass is 9.98. The van der Waals surface area contributed by atoms with Gasteiger partial charge in [-0.3, -0.25) is 4.90 Å². The molecular weight excluding hydrogens is 272 g/mol. The molecule has 0 saturated carbocycles. The van der Waals surface area contributed by atoms with Gasteiger partial charge in [-0.05, 0) is 50.4 Å². The minimum atomic E-state index is 0.689. The number of fused-ring (bicyclic) bond motifs is 2. The molecule has 2 atom stereocenters. The molecule has 1 aromatic rings. The van der Waals surface area contributed by atoms with Gasteiger partial charge in [-0.15, -0.1) is 0 Å². The summed E-state index contributed by atoms with van der Waals surface area (Å²) in [6.45, 7) is 0.952.